The first-order valence-corrected chi connectivity index (χ1v) is 9.05. The first-order valence-electron chi connectivity index (χ1n) is 9.05. The maximum Gasteiger partial charge on any atom is 0.225 e. The van der Waals surface area contributed by atoms with Gasteiger partial charge < -0.3 is 9.80 Å². The van der Waals surface area contributed by atoms with Crippen LogP contribution in [-0.4, -0.2) is 47.9 Å². The lowest BCUT2D eigenvalue weighted by atomic mass is 9.85. The topological polar surface area (TPSA) is 23.6 Å². The molecule has 0 aromatic carbocycles. The lowest BCUT2D eigenvalue weighted by molar-refractivity contribution is -0.136. The molecular formula is C18H34N2O. The van der Waals surface area contributed by atoms with Gasteiger partial charge in [-0.15, -0.1) is 0 Å². The zero-order valence-electron chi connectivity index (χ0n) is 14.5. The summed E-state index contributed by atoms with van der Waals surface area (Å²) in [5.41, 5.74) is 0. The number of carbonyl (C=O) groups excluding carboxylic acids is 1. The summed E-state index contributed by atoms with van der Waals surface area (Å²) in [6, 6.07) is 0.721. The fourth-order valence-electron chi connectivity index (χ4n) is 3.89. The lowest BCUT2D eigenvalue weighted by Crippen LogP contribution is -2.50. The average Bonchev–Trinajstić information content (AvgIpc) is 2.53. The third-order valence-corrected chi connectivity index (χ3v) is 5.84. The molecule has 3 heteroatoms. The van der Waals surface area contributed by atoms with Gasteiger partial charge in [-0.3, -0.25) is 4.79 Å². The summed E-state index contributed by atoms with van der Waals surface area (Å²) in [4.78, 5) is 17.0. The van der Waals surface area contributed by atoms with Crippen LogP contribution in [0.1, 0.15) is 59.8 Å². The predicted molar refractivity (Wildman–Crippen MR) is 88.2 cm³/mol. The first-order chi connectivity index (χ1) is 10.0. The van der Waals surface area contributed by atoms with E-state index in [1.165, 1.54) is 38.8 Å². The molecule has 0 spiro atoms. The van der Waals surface area contributed by atoms with Gasteiger partial charge in [0.05, 0.1) is 0 Å². The highest BCUT2D eigenvalue weighted by molar-refractivity contribution is 5.78. The van der Waals surface area contributed by atoms with Crippen LogP contribution in [0.15, 0.2) is 0 Å². The second-order valence-corrected chi connectivity index (χ2v) is 7.48. The Bertz CT molecular complexity index is 326. The van der Waals surface area contributed by atoms with Crippen LogP contribution in [0.25, 0.3) is 0 Å². The molecule has 0 aromatic heterocycles. The van der Waals surface area contributed by atoms with Crippen LogP contribution in [0.3, 0.4) is 0 Å². The first kappa shape index (κ1) is 16.8. The second-order valence-electron chi connectivity index (χ2n) is 7.48. The van der Waals surface area contributed by atoms with Gasteiger partial charge in [-0.1, -0.05) is 27.7 Å². The van der Waals surface area contributed by atoms with Crippen LogP contribution in [0, 0.1) is 17.8 Å². The average molecular weight is 294 g/mol. The van der Waals surface area contributed by atoms with Crippen LogP contribution < -0.4 is 0 Å². The molecule has 2 aliphatic rings. The Labute approximate surface area is 131 Å². The highest BCUT2D eigenvalue weighted by atomic mass is 16.2. The Morgan fingerprint density at radius 3 is 2.05 bits per heavy atom. The van der Waals surface area contributed by atoms with E-state index >= 15 is 0 Å². The van der Waals surface area contributed by atoms with Crippen molar-refractivity contribution in [2.45, 2.75) is 65.8 Å². The molecule has 21 heavy (non-hydrogen) atoms. The minimum Gasteiger partial charge on any atom is -0.342 e. The number of hydrogen-bond acceptors (Lipinski definition) is 2. The molecule has 0 aromatic rings. The summed E-state index contributed by atoms with van der Waals surface area (Å²) in [5, 5.41) is 0. The third kappa shape index (κ3) is 4.21. The number of amides is 1. The third-order valence-electron chi connectivity index (χ3n) is 5.84. The van der Waals surface area contributed by atoms with Crippen molar-refractivity contribution < 1.29 is 4.79 Å². The van der Waals surface area contributed by atoms with Crippen molar-refractivity contribution in [1.29, 1.82) is 0 Å². The molecule has 2 fully saturated rings. The van der Waals surface area contributed by atoms with E-state index in [2.05, 4.69) is 37.5 Å². The monoisotopic (exact) mass is 294 g/mol. The highest BCUT2D eigenvalue weighted by Gasteiger charge is 2.31. The van der Waals surface area contributed by atoms with E-state index in [1.807, 2.05) is 0 Å². The molecule has 122 valence electrons. The van der Waals surface area contributed by atoms with Gasteiger partial charge in [0.25, 0.3) is 0 Å². The molecule has 0 radical (unpaired) electrons. The number of hydrogen-bond donors (Lipinski definition) is 0. The number of likely N-dealkylation sites (tertiary alicyclic amines) is 2. The van der Waals surface area contributed by atoms with Crippen molar-refractivity contribution in [2.24, 2.45) is 17.8 Å². The molecule has 0 saturated carbocycles. The molecule has 0 N–H and O–H groups in total. The SMILES string of the molecule is CCC(C)C(=O)N1CCC(N2CCC(C(C)C)CC2)CC1. The van der Waals surface area contributed by atoms with E-state index in [1.54, 1.807) is 0 Å². The van der Waals surface area contributed by atoms with Gasteiger partial charge in [0.2, 0.25) is 5.91 Å². The van der Waals surface area contributed by atoms with E-state index in [0.29, 0.717) is 5.91 Å². The van der Waals surface area contributed by atoms with Gasteiger partial charge in [0.15, 0.2) is 0 Å². The molecule has 3 nitrogen and oxygen atoms in total. The molecule has 0 aliphatic carbocycles. The fourth-order valence-corrected chi connectivity index (χ4v) is 3.89. The van der Waals surface area contributed by atoms with Crippen molar-refractivity contribution in [3.63, 3.8) is 0 Å². The molecule has 1 atom stereocenters. The molecule has 1 amide bonds. The molecule has 2 rings (SSSR count). The van der Waals surface area contributed by atoms with E-state index in [4.69, 9.17) is 0 Å². The predicted octanol–water partition coefficient (Wildman–Crippen LogP) is 3.39. The van der Waals surface area contributed by atoms with Crippen molar-refractivity contribution in [2.75, 3.05) is 26.2 Å². The van der Waals surface area contributed by atoms with E-state index < -0.39 is 0 Å². The Kier molecular flexibility index (Phi) is 6.09. The minimum absolute atomic E-state index is 0.198. The van der Waals surface area contributed by atoms with Gasteiger partial charge in [-0.05, 0) is 57.0 Å². The summed E-state index contributed by atoms with van der Waals surface area (Å²) < 4.78 is 0. The van der Waals surface area contributed by atoms with Gasteiger partial charge in [0.1, 0.15) is 0 Å². The van der Waals surface area contributed by atoms with Gasteiger partial charge in [0, 0.05) is 25.0 Å². The van der Waals surface area contributed by atoms with Crippen LogP contribution in [0.2, 0.25) is 0 Å². The summed E-state index contributed by atoms with van der Waals surface area (Å²) in [7, 11) is 0. The van der Waals surface area contributed by atoms with Gasteiger partial charge >= 0.3 is 0 Å². The maximum absolute atomic E-state index is 12.2. The highest BCUT2D eigenvalue weighted by Crippen LogP contribution is 2.28. The lowest BCUT2D eigenvalue weighted by Gasteiger charge is -2.42. The van der Waals surface area contributed by atoms with Crippen molar-refractivity contribution >= 4 is 5.91 Å². The zero-order chi connectivity index (χ0) is 15.4. The van der Waals surface area contributed by atoms with Gasteiger partial charge in [-0.2, -0.15) is 0 Å². The summed E-state index contributed by atoms with van der Waals surface area (Å²) in [6.45, 7) is 13.4. The fraction of sp³-hybridized carbons (Fsp3) is 0.944. The normalized spacial score (nSPS) is 24.5. The van der Waals surface area contributed by atoms with E-state index in [9.17, 15) is 4.79 Å². The summed E-state index contributed by atoms with van der Waals surface area (Å²) in [5.74, 6) is 2.33. The molecule has 2 saturated heterocycles. The maximum atomic E-state index is 12.2. The summed E-state index contributed by atoms with van der Waals surface area (Å²) >= 11 is 0. The molecular weight excluding hydrogens is 260 g/mol. The van der Waals surface area contributed by atoms with Crippen molar-refractivity contribution in [3.05, 3.63) is 0 Å². The number of rotatable bonds is 4. The number of carbonyl (C=O) groups is 1. The molecule has 2 aliphatic heterocycles. The van der Waals surface area contributed by atoms with E-state index in [0.717, 1.165) is 37.4 Å². The van der Waals surface area contributed by atoms with Crippen LogP contribution in [0.4, 0.5) is 0 Å². The zero-order valence-corrected chi connectivity index (χ0v) is 14.5. The Morgan fingerprint density at radius 1 is 1.00 bits per heavy atom. The van der Waals surface area contributed by atoms with Crippen LogP contribution in [0.5, 0.6) is 0 Å². The molecule has 0 bridgehead atoms. The number of piperidine rings is 2. The largest absolute Gasteiger partial charge is 0.342 e. The van der Waals surface area contributed by atoms with Crippen LogP contribution in [-0.2, 0) is 4.79 Å². The standard InChI is InChI=1S/C18H34N2O/c1-5-15(4)18(21)20-12-8-17(9-13-20)19-10-6-16(7-11-19)14(2)3/h14-17H,5-13H2,1-4H3. The Balaban J connectivity index is 1.76. The van der Waals surface area contributed by atoms with Crippen LogP contribution >= 0.6 is 0 Å². The number of nitrogens with zero attached hydrogens (tertiary/aromatic N) is 2. The van der Waals surface area contributed by atoms with Gasteiger partial charge in [-0.25, -0.2) is 0 Å². The summed E-state index contributed by atoms with van der Waals surface area (Å²) in [6.07, 6.45) is 6.04. The quantitative estimate of drug-likeness (QED) is 0.793. The molecule has 2 heterocycles. The minimum atomic E-state index is 0.198. The Hall–Kier alpha value is -0.570. The van der Waals surface area contributed by atoms with E-state index in [-0.39, 0.29) is 5.92 Å². The van der Waals surface area contributed by atoms with Crippen molar-refractivity contribution in [3.8, 4) is 0 Å². The smallest absolute Gasteiger partial charge is 0.225 e. The van der Waals surface area contributed by atoms with Crippen molar-refractivity contribution in [1.82, 2.24) is 9.80 Å². The Morgan fingerprint density at radius 2 is 1.57 bits per heavy atom. The second kappa shape index (κ2) is 7.62. The molecule has 1 unspecified atom stereocenters.